The van der Waals surface area contributed by atoms with Gasteiger partial charge in [0.1, 0.15) is 12.0 Å². The van der Waals surface area contributed by atoms with Crippen LogP contribution in [0.3, 0.4) is 0 Å². The maximum absolute atomic E-state index is 11.9. The molecule has 0 bridgehead atoms. The summed E-state index contributed by atoms with van der Waals surface area (Å²) in [5.41, 5.74) is 3.01. The first-order chi connectivity index (χ1) is 10.5. The second-order valence-electron chi connectivity index (χ2n) is 4.95. The third kappa shape index (κ3) is 4.30. The maximum Gasteiger partial charge on any atom is 0.262 e. The van der Waals surface area contributed by atoms with E-state index < -0.39 is 0 Å². The highest BCUT2D eigenvalue weighted by Crippen LogP contribution is 2.24. The van der Waals surface area contributed by atoms with Crippen molar-refractivity contribution in [2.45, 2.75) is 13.8 Å². The van der Waals surface area contributed by atoms with E-state index in [0.29, 0.717) is 11.3 Å². The lowest BCUT2D eigenvalue weighted by molar-refractivity contribution is -0.118. The number of aldehydes is 1. The number of carbonyl (C=O) groups excluding carboxylic acids is 2. The Morgan fingerprint density at radius 2 is 1.77 bits per heavy atom. The Kier molecular flexibility index (Phi) is 5.54. The molecule has 2 aromatic rings. The number of ether oxygens (including phenoxy) is 1. The van der Waals surface area contributed by atoms with E-state index in [1.54, 1.807) is 12.1 Å². The zero-order valence-electron chi connectivity index (χ0n) is 12.4. The Bertz CT molecular complexity index is 673. The summed E-state index contributed by atoms with van der Waals surface area (Å²) in [6, 6.07) is 11.0. The minimum Gasteiger partial charge on any atom is -0.483 e. The summed E-state index contributed by atoms with van der Waals surface area (Å²) in [6.07, 6.45) is 0.799. The molecular formula is C17H16INO3. The molecule has 4 nitrogen and oxygen atoms in total. The number of halogens is 1. The van der Waals surface area contributed by atoms with Crippen LogP contribution in [0, 0.1) is 17.4 Å². The molecular weight excluding hydrogens is 393 g/mol. The van der Waals surface area contributed by atoms with Crippen LogP contribution < -0.4 is 10.1 Å². The molecule has 0 saturated heterocycles. The average Bonchev–Trinajstić information content (AvgIpc) is 2.48. The normalized spacial score (nSPS) is 10.1. The predicted molar refractivity (Wildman–Crippen MR) is 94.6 cm³/mol. The fourth-order valence-corrected chi connectivity index (χ4v) is 2.51. The molecule has 5 heteroatoms. The van der Waals surface area contributed by atoms with Crippen molar-refractivity contribution in [3.05, 3.63) is 56.7 Å². The van der Waals surface area contributed by atoms with Gasteiger partial charge >= 0.3 is 0 Å². The molecule has 0 unspecified atom stereocenters. The molecule has 0 saturated carbocycles. The van der Waals surface area contributed by atoms with Crippen LogP contribution in [0.15, 0.2) is 36.4 Å². The molecule has 0 aromatic heterocycles. The molecule has 1 N–H and O–H groups in total. The van der Waals surface area contributed by atoms with Gasteiger partial charge in [-0.15, -0.1) is 0 Å². The van der Waals surface area contributed by atoms with Crippen LogP contribution in [-0.4, -0.2) is 18.8 Å². The van der Waals surface area contributed by atoms with Gasteiger partial charge in [-0.2, -0.15) is 0 Å². The standard InChI is InChI=1S/C17H16INO3/c1-11-7-13(9-20)8-12(2)17(11)22-10-16(21)19-15-5-3-14(18)4-6-15/h3-9H,10H2,1-2H3,(H,19,21). The van der Waals surface area contributed by atoms with Gasteiger partial charge in [0.25, 0.3) is 5.91 Å². The molecule has 114 valence electrons. The largest absolute Gasteiger partial charge is 0.483 e. The molecule has 2 aromatic carbocycles. The number of hydrogen-bond donors (Lipinski definition) is 1. The van der Waals surface area contributed by atoms with Crippen LogP contribution >= 0.6 is 22.6 Å². The van der Waals surface area contributed by atoms with Crippen LogP contribution in [0.1, 0.15) is 21.5 Å². The van der Waals surface area contributed by atoms with Crippen LogP contribution in [0.2, 0.25) is 0 Å². The van der Waals surface area contributed by atoms with Crippen molar-refractivity contribution >= 4 is 40.5 Å². The highest BCUT2D eigenvalue weighted by Gasteiger charge is 2.09. The lowest BCUT2D eigenvalue weighted by Crippen LogP contribution is -2.20. The molecule has 0 aliphatic heterocycles. The number of aryl methyl sites for hydroxylation is 2. The molecule has 0 atom stereocenters. The Labute approximate surface area is 143 Å². The first-order valence-corrected chi connectivity index (χ1v) is 7.82. The van der Waals surface area contributed by atoms with Crippen LogP contribution in [-0.2, 0) is 4.79 Å². The van der Waals surface area contributed by atoms with Crippen molar-refractivity contribution < 1.29 is 14.3 Å². The lowest BCUT2D eigenvalue weighted by atomic mass is 10.1. The van der Waals surface area contributed by atoms with Crippen molar-refractivity contribution in [3.8, 4) is 5.75 Å². The zero-order valence-corrected chi connectivity index (χ0v) is 14.5. The maximum atomic E-state index is 11.9. The highest BCUT2D eigenvalue weighted by atomic mass is 127. The Hall–Kier alpha value is -1.89. The van der Waals surface area contributed by atoms with Gasteiger partial charge in [0, 0.05) is 14.8 Å². The third-order valence-corrected chi connectivity index (χ3v) is 3.81. The summed E-state index contributed by atoms with van der Waals surface area (Å²) < 4.78 is 6.70. The van der Waals surface area contributed by atoms with E-state index in [-0.39, 0.29) is 12.5 Å². The SMILES string of the molecule is Cc1cc(C=O)cc(C)c1OCC(=O)Nc1ccc(I)cc1. The van der Waals surface area contributed by atoms with Gasteiger partial charge in [-0.1, -0.05) is 0 Å². The average molecular weight is 409 g/mol. The molecule has 0 aliphatic rings. The molecule has 0 heterocycles. The second-order valence-corrected chi connectivity index (χ2v) is 6.19. The number of amides is 1. The molecule has 0 spiro atoms. The Morgan fingerprint density at radius 3 is 2.32 bits per heavy atom. The number of rotatable bonds is 5. The molecule has 1 amide bonds. The first kappa shape index (κ1) is 16.5. The summed E-state index contributed by atoms with van der Waals surface area (Å²) in [4.78, 5) is 22.7. The molecule has 0 aliphatic carbocycles. The minimum absolute atomic E-state index is 0.0753. The van der Waals surface area contributed by atoms with Crippen LogP contribution in [0.25, 0.3) is 0 Å². The third-order valence-electron chi connectivity index (χ3n) is 3.09. The van der Waals surface area contributed by atoms with E-state index in [1.165, 1.54) is 0 Å². The van der Waals surface area contributed by atoms with Gasteiger partial charge < -0.3 is 10.1 Å². The van der Waals surface area contributed by atoms with E-state index in [9.17, 15) is 9.59 Å². The van der Waals surface area contributed by atoms with Gasteiger partial charge in [-0.3, -0.25) is 9.59 Å². The lowest BCUT2D eigenvalue weighted by Gasteiger charge is -2.13. The first-order valence-electron chi connectivity index (χ1n) is 6.74. The van der Waals surface area contributed by atoms with E-state index in [1.807, 2.05) is 38.1 Å². The number of carbonyl (C=O) groups is 2. The highest BCUT2D eigenvalue weighted by molar-refractivity contribution is 14.1. The van der Waals surface area contributed by atoms with Crippen LogP contribution in [0.4, 0.5) is 5.69 Å². The van der Waals surface area contributed by atoms with Gasteiger partial charge in [0.2, 0.25) is 0 Å². The summed E-state index contributed by atoms with van der Waals surface area (Å²) >= 11 is 2.21. The van der Waals surface area contributed by atoms with E-state index in [4.69, 9.17) is 4.74 Å². The fraction of sp³-hybridized carbons (Fsp3) is 0.176. The summed E-state index contributed by atoms with van der Waals surface area (Å²) in [6.45, 7) is 3.63. The van der Waals surface area contributed by atoms with Gasteiger partial charge in [-0.25, -0.2) is 0 Å². The Morgan fingerprint density at radius 1 is 1.18 bits per heavy atom. The van der Waals surface area contributed by atoms with Gasteiger partial charge in [0.15, 0.2) is 6.61 Å². The van der Waals surface area contributed by atoms with Crippen molar-refractivity contribution in [2.75, 3.05) is 11.9 Å². The number of anilines is 1. The van der Waals surface area contributed by atoms with E-state index >= 15 is 0 Å². The smallest absolute Gasteiger partial charge is 0.262 e. The summed E-state index contributed by atoms with van der Waals surface area (Å²) in [7, 11) is 0. The molecule has 2 rings (SSSR count). The van der Waals surface area contributed by atoms with E-state index in [2.05, 4.69) is 27.9 Å². The van der Waals surface area contributed by atoms with Crippen molar-refractivity contribution in [2.24, 2.45) is 0 Å². The van der Waals surface area contributed by atoms with Gasteiger partial charge in [-0.05, 0) is 84.0 Å². The van der Waals surface area contributed by atoms with Crippen LogP contribution in [0.5, 0.6) is 5.75 Å². The van der Waals surface area contributed by atoms with E-state index in [0.717, 1.165) is 26.7 Å². The topological polar surface area (TPSA) is 55.4 Å². The summed E-state index contributed by atoms with van der Waals surface area (Å²) in [5, 5.41) is 2.78. The number of nitrogens with one attached hydrogen (secondary N) is 1. The fourth-order valence-electron chi connectivity index (χ4n) is 2.15. The minimum atomic E-state index is -0.223. The molecule has 0 radical (unpaired) electrons. The second kappa shape index (κ2) is 7.40. The summed E-state index contributed by atoms with van der Waals surface area (Å²) in [5.74, 6) is 0.419. The van der Waals surface area contributed by atoms with Crippen molar-refractivity contribution in [1.29, 1.82) is 0 Å². The monoisotopic (exact) mass is 409 g/mol. The number of hydrogen-bond acceptors (Lipinski definition) is 3. The molecule has 0 fully saturated rings. The van der Waals surface area contributed by atoms with Gasteiger partial charge in [0.05, 0.1) is 0 Å². The quantitative estimate of drug-likeness (QED) is 0.605. The van der Waals surface area contributed by atoms with Crippen molar-refractivity contribution in [1.82, 2.24) is 0 Å². The predicted octanol–water partition coefficient (Wildman–Crippen LogP) is 3.74. The van der Waals surface area contributed by atoms with Crippen molar-refractivity contribution in [3.63, 3.8) is 0 Å². The number of benzene rings is 2. The zero-order chi connectivity index (χ0) is 16.1. The molecule has 22 heavy (non-hydrogen) atoms. The Balaban J connectivity index is 1.99.